The summed E-state index contributed by atoms with van der Waals surface area (Å²) in [6, 6.07) is -0.659. The molecule has 3 amide bonds. The van der Waals surface area contributed by atoms with Gasteiger partial charge >= 0.3 is 0 Å². The van der Waals surface area contributed by atoms with E-state index in [2.05, 4.69) is 24.5 Å². The molecule has 0 aliphatic carbocycles. The van der Waals surface area contributed by atoms with Crippen molar-refractivity contribution in [3.8, 4) is 0 Å². The molecule has 0 aliphatic rings. The van der Waals surface area contributed by atoms with Gasteiger partial charge in [-0.2, -0.15) is 0 Å². The lowest BCUT2D eigenvalue weighted by molar-refractivity contribution is -0.134. The van der Waals surface area contributed by atoms with E-state index < -0.39 is 6.04 Å². The van der Waals surface area contributed by atoms with Gasteiger partial charge in [-0.15, -0.1) is 0 Å². The molecule has 6 heteroatoms. The molecule has 0 radical (unpaired) electrons. The monoisotopic (exact) mass is 566 g/mol. The standard InChI is InChI=1S/C34H67N3O3/c1-3-5-7-9-11-13-15-17-19-21-23-28-32(38)36-31(27-25-26-30-35)34(40)37-33(39)29-24-22-20-18-16-14-12-10-8-6-4-2/h31H,3-30,35H2,1-2H3,(H,36,38)(H,37,39,40)/t31-/m0/s1. The van der Waals surface area contributed by atoms with Crippen molar-refractivity contribution >= 4 is 17.7 Å². The Balaban J connectivity index is 4.04. The maximum Gasteiger partial charge on any atom is 0.249 e. The quantitative estimate of drug-likeness (QED) is 0.0758. The third kappa shape index (κ3) is 26.8. The number of nitrogens with one attached hydrogen (secondary N) is 2. The number of amides is 3. The maximum atomic E-state index is 12.8. The number of hydrogen-bond acceptors (Lipinski definition) is 4. The third-order valence-corrected chi connectivity index (χ3v) is 7.88. The molecule has 0 aromatic rings. The van der Waals surface area contributed by atoms with E-state index in [1.807, 2.05) is 0 Å². The Bertz CT molecular complexity index is 597. The SMILES string of the molecule is CCCCCCCCCCCCCC(=O)NC(=O)[C@H](CCCCN)NC(=O)CCCCCCCCCCCCC. The number of hydrogen-bond donors (Lipinski definition) is 3. The Morgan fingerprint density at radius 1 is 0.500 bits per heavy atom. The van der Waals surface area contributed by atoms with Crippen molar-refractivity contribution in [2.75, 3.05) is 6.54 Å². The molecule has 236 valence electrons. The first-order chi connectivity index (χ1) is 19.5. The van der Waals surface area contributed by atoms with Crippen LogP contribution in [0.5, 0.6) is 0 Å². The molecule has 0 bridgehead atoms. The van der Waals surface area contributed by atoms with Gasteiger partial charge < -0.3 is 11.1 Å². The van der Waals surface area contributed by atoms with Gasteiger partial charge in [-0.25, -0.2) is 0 Å². The highest BCUT2D eigenvalue weighted by Crippen LogP contribution is 2.13. The molecule has 0 fully saturated rings. The second kappa shape index (κ2) is 30.5. The first-order valence-electron chi connectivity index (χ1n) is 17.4. The van der Waals surface area contributed by atoms with Crippen LogP contribution in [0.3, 0.4) is 0 Å². The lowest BCUT2D eigenvalue weighted by Gasteiger charge is -2.18. The van der Waals surface area contributed by atoms with Crippen LogP contribution in [0.15, 0.2) is 0 Å². The molecule has 0 heterocycles. The van der Waals surface area contributed by atoms with E-state index >= 15 is 0 Å². The number of rotatable bonds is 30. The fourth-order valence-corrected chi connectivity index (χ4v) is 5.21. The molecule has 0 unspecified atom stereocenters. The molecular weight excluding hydrogens is 498 g/mol. The van der Waals surface area contributed by atoms with Gasteiger partial charge in [-0.1, -0.05) is 142 Å². The molecule has 4 N–H and O–H groups in total. The van der Waals surface area contributed by atoms with Crippen molar-refractivity contribution in [2.24, 2.45) is 5.73 Å². The first-order valence-corrected chi connectivity index (χ1v) is 17.4. The van der Waals surface area contributed by atoms with Crippen molar-refractivity contribution in [1.82, 2.24) is 10.6 Å². The van der Waals surface area contributed by atoms with Gasteiger partial charge in [0, 0.05) is 12.8 Å². The first kappa shape index (κ1) is 38.6. The second-order valence-electron chi connectivity index (χ2n) is 11.9. The van der Waals surface area contributed by atoms with Gasteiger partial charge in [-0.3, -0.25) is 19.7 Å². The van der Waals surface area contributed by atoms with Crippen LogP contribution in [0.25, 0.3) is 0 Å². The van der Waals surface area contributed by atoms with E-state index in [9.17, 15) is 14.4 Å². The van der Waals surface area contributed by atoms with E-state index in [1.54, 1.807) is 0 Å². The van der Waals surface area contributed by atoms with Gasteiger partial charge in [0.05, 0.1) is 0 Å². The summed E-state index contributed by atoms with van der Waals surface area (Å²) in [6.45, 7) is 5.05. The van der Waals surface area contributed by atoms with Gasteiger partial charge in [-0.05, 0) is 38.6 Å². The normalized spacial score (nSPS) is 11.9. The van der Waals surface area contributed by atoms with Crippen LogP contribution >= 0.6 is 0 Å². The minimum absolute atomic E-state index is 0.0957. The van der Waals surface area contributed by atoms with E-state index in [1.165, 1.54) is 103 Å². The van der Waals surface area contributed by atoms with E-state index in [0.717, 1.165) is 51.4 Å². The average molecular weight is 566 g/mol. The van der Waals surface area contributed by atoms with Crippen LogP contribution in [0.2, 0.25) is 0 Å². The molecule has 0 spiro atoms. The maximum absolute atomic E-state index is 12.8. The fourth-order valence-electron chi connectivity index (χ4n) is 5.21. The molecule has 0 aromatic carbocycles. The molecular formula is C34H67N3O3. The topological polar surface area (TPSA) is 101 Å². The minimum Gasteiger partial charge on any atom is -0.344 e. The molecule has 1 atom stereocenters. The Morgan fingerprint density at radius 3 is 1.27 bits per heavy atom. The van der Waals surface area contributed by atoms with Crippen molar-refractivity contribution < 1.29 is 14.4 Å². The number of imide groups is 1. The Kier molecular flexibility index (Phi) is 29.4. The Hall–Kier alpha value is -1.43. The zero-order valence-corrected chi connectivity index (χ0v) is 26.7. The smallest absolute Gasteiger partial charge is 0.249 e. The molecule has 0 aliphatic heterocycles. The summed E-state index contributed by atoms with van der Waals surface area (Å²) in [6.07, 6.45) is 30.0. The average Bonchev–Trinajstić information content (AvgIpc) is 2.94. The zero-order chi connectivity index (χ0) is 29.5. The van der Waals surface area contributed by atoms with E-state index in [4.69, 9.17) is 5.73 Å². The lowest BCUT2D eigenvalue weighted by atomic mass is 10.0. The lowest BCUT2D eigenvalue weighted by Crippen LogP contribution is -2.48. The predicted molar refractivity (Wildman–Crippen MR) is 170 cm³/mol. The number of carbonyl (C=O) groups excluding carboxylic acids is 3. The molecule has 0 aromatic heterocycles. The van der Waals surface area contributed by atoms with Gasteiger partial charge in [0.15, 0.2) is 0 Å². The number of carbonyl (C=O) groups is 3. The van der Waals surface area contributed by atoms with Crippen LogP contribution in [0.4, 0.5) is 0 Å². The summed E-state index contributed by atoms with van der Waals surface area (Å²) in [5, 5.41) is 5.42. The summed E-state index contributed by atoms with van der Waals surface area (Å²) < 4.78 is 0. The highest BCUT2D eigenvalue weighted by Gasteiger charge is 2.22. The van der Waals surface area contributed by atoms with Gasteiger partial charge in [0.1, 0.15) is 6.04 Å². The molecule has 6 nitrogen and oxygen atoms in total. The van der Waals surface area contributed by atoms with Gasteiger partial charge in [0.2, 0.25) is 17.7 Å². The number of unbranched alkanes of at least 4 members (excludes halogenated alkanes) is 21. The van der Waals surface area contributed by atoms with Crippen molar-refractivity contribution in [3.63, 3.8) is 0 Å². The number of nitrogens with two attached hydrogens (primary N) is 1. The van der Waals surface area contributed by atoms with Crippen LogP contribution in [-0.2, 0) is 14.4 Å². The van der Waals surface area contributed by atoms with Crippen molar-refractivity contribution in [3.05, 3.63) is 0 Å². The summed E-state index contributed by atoms with van der Waals surface area (Å²) >= 11 is 0. The largest absolute Gasteiger partial charge is 0.344 e. The van der Waals surface area contributed by atoms with Crippen molar-refractivity contribution in [1.29, 1.82) is 0 Å². The third-order valence-electron chi connectivity index (χ3n) is 7.88. The van der Waals surface area contributed by atoms with Crippen LogP contribution in [0, 0.1) is 0 Å². The molecule has 0 saturated carbocycles. The molecule has 40 heavy (non-hydrogen) atoms. The molecule has 0 saturated heterocycles. The van der Waals surface area contributed by atoms with Crippen molar-refractivity contribution in [2.45, 2.75) is 193 Å². The highest BCUT2D eigenvalue weighted by atomic mass is 16.2. The summed E-state index contributed by atoms with van der Waals surface area (Å²) in [4.78, 5) is 37.6. The Morgan fingerprint density at radius 2 is 0.875 bits per heavy atom. The zero-order valence-electron chi connectivity index (χ0n) is 26.7. The van der Waals surface area contributed by atoms with Crippen LogP contribution < -0.4 is 16.4 Å². The van der Waals surface area contributed by atoms with Crippen LogP contribution in [0.1, 0.15) is 187 Å². The van der Waals surface area contributed by atoms with E-state index in [0.29, 0.717) is 25.8 Å². The Labute approximate surface area is 248 Å². The second-order valence-corrected chi connectivity index (χ2v) is 11.9. The molecule has 0 rings (SSSR count). The minimum atomic E-state index is -0.659. The fraction of sp³-hybridized carbons (Fsp3) is 0.912. The highest BCUT2D eigenvalue weighted by molar-refractivity contribution is 5.99. The summed E-state index contributed by atoms with van der Waals surface area (Å²) in [7, 11) is 0. The summed E-state index contributed by atoms with van der Waals surface area (Å²) in [5.41, 5.74) is 5.61. The van der Waals surface area contributed by atoms with Gasteiger partial charge in [0.25, 0.3) is 0 Å². The predicted octanol–water partition coefficient (Wildman–Crippen LogP) is 8.65. The van der Waals surface area contributed by atoms with E-state index in [-0.39, 0.29) is 17.7 Å². The summed E-state index contributed by atoms with van der Waals surface area (Å²) in [5.74, 6) is -0.705. The van der Waals surface area contributed by atoms with Crippen LogP contribution in [-0.4, -0.2) is 30.3 Å².